The molecule has 0 N–H and O–H groups in total. The Bertz CT molecular complexity index is 77.6. The van der Waals surface area contributed by atoms with Crippen molar-refractivity contribution in [1.29, 1.82) is 0 Å². The van der Waals surface area contributed by atoms with E-state index in [1.165, 1.54) is 13.3 Å². The van der Waals surface area contributed by atoms with E-state index in [0.717, 1.165) is 0 Å². The zero-order valence-corrected chi connectivity index (χ0v) is 6.25. The van der Waals surface area contributed by atoms with Crippen LogP contribution in [0.4, 0.5) is 4.11 Å². The fraction of sp³-hybridized carbons (Fsp3) is 1.00. The lowest BCUT2D eigenvalue weighted by Gasteiger charge is -1.91. The van der Waals surface area contributed by atoms with Gasteiger partial charge in [0.2, 0.25) is 0 Å². The van der Waals surface area contributed by atoms with Gasteiger partial charge in [0, 0.05) is 0 Å². The van der Waals surface area contributed by atoms with Gasteiger partial charge in [-0.2, -0.15) is 0 Å². The summed E-state index contributed by atoms with van der Waals surface area (Å²) in [7, 11) is -1.69. The molecule has 0 aliphatic carbocycles. The third kappa shape index (κ3) is 4.38. The van der Waals surface area contributed by atoms with E-state index in [1.54, 1.807) is 0 Å². The first-order valence-corrected chi connectivity index (χ1v) is 6.88. The van der Waals surface area contributed by atoms with Gasteiger partial charge in [-0.3, -0.25) is 0 Å². The first-order chi connectivity index (χ1) is 2.56. The summed E-state index contributed by atoms with van der Waals surface area (Å²) in [6.45, 7) is 0.796. The number of hydrogen-bond acceptors (Lipinski definition) is 1. The zero-order valence-electron chi connectivity index (χ0n) is 3.94. The Balaban J connectivity index is 3.48. The van der Waals surface area contributed by atoms with Crippen molar-refractivity contribution in [3.05, 3.63) is 0 Å². The summed E-state index contributed by atoms with van der Waals surface area (Å²) in [4.78, 5) is 0. The van der Waals surface area contributed by atoms with Crippen molar-refractivity contribution in [2.75, 3.05) is 13.3 Å². The monoisotopic (exact) mass is 126 g/mol. The molecule has 1 nitrogen and oxygen atoms in total. The van der Waals surface area contributed by atoms with Crippen molar-refractivity contribution in [2.24, 2.45) is 0 Å². The van der Waals surface area contributed by atoms with Gasteiger partial charge in [-0.15, -0.1) is 0 Å². The molecule has 0 spiro atoms. The van der Waals surface area contributed by atoms with Crippen LogP contribution in [0.1, 0.15) is 0 Å². The maximum absolute atomic E-state index is 11.4. The average Bonchev–Trinajstić information content (AvgIpc) is 1.35. The Hall–Kier alpha value is 0.377. The van der Waals surface area contributed by atoms with E-state index in [2.05, 4.69) is 0 Å². The molecule has 0 heterocycles. The highest BCUT2D eigenvalue weighted by atomic mass is 31.4. The van der Waals surface area contributed by atoms with Crippen LogP contribution >= 0.6 is 6.69 Å². The maximum atomic E-state index is 11.4. The SMILES string of the molecule is CP(C)(=O)[SiH2]F. The molecule has 0 amide bonds. The van der Waals surface area contributed by atoms with Crippen LogP contribution in [0.2, 0.25) is 0 Å². The molecule has 0 fully saturated rings. The molecule has 0 bridgehead atoms. The average molecular weight is 126 g/mol. The normalized spacial score (nSPS) is 13.8. The molecule has 0 aromatic carbocycles. The summed E-state index contributed by atoms with van der Waals surface area (Å²) in [5.41, 5.74) is 0. The fourth-order valence-corrected chi connectivity index (χ4v) is 0. The van der Waals surface area contributed by atoms with Crippen LogP contribution in [0.15, 0.2) is 0 Å². The highest BCUT2D eigenvalue weighted by Crippen LogP contribution is 2.32. The van der Waals surface area contributed by atoms with Gasteiger partial charge >= 0.3 is 0 Å². The molecule has 6 heavy (non-hydrogen) atoms. The van der Waals surface area contributed by atoms with Gasteiger partial charge in [0.25, 0.3) is 9.52 Å². The Morgan fingerprint density at radius 1 is 1.67 bits per heavy atom. The molecule has 0 aliphatic heterocycles. The summed E-state index contributed by atoms with van der Waals surface area (Å²) >= 11 is 0. The second kappa shape index (κ2) is 1.89. The molecule has 38 valence electrons. The zero-order chi connectivity index (χ0) is 5.21. The molecule has 0 unspecified atom stereocenters. The molecular weight excluding hydrogens is 118 g/mol. The van der Waals surface area contributed by atoms with Gasteiger partial charge in [0.15, 0.2) is 0 Å². The molecule has 0 saturated heterocycles. The molecule has 0 aromatic rings. The molecule has 0 atom stereocenters. The Kier molecular flexibility index (Phi) is 2.01. The third-order valence-electron chi connectivity index (χ3n) is 0.288. The number of hydrogen-bond donors (Lipinski definition) is 0. The molecule has 0 rings (SSSR count). The minimum Gasteiger partial charge on any atom is -0.327 e. The van der Waals surface area contributed by atoms with Crippen molar-refractivity contribution in [3.8, 4) is 0 Å². The number of halogens is 1. The summed E-state index contributed by atoms with van der Waals surface area (Å²) in [6.07, 6.45) is 0. The highest BCUT2D eigenvalue weighted by molar-refractivity contribution is 7.88. The largest absolute Gasteiger partial charge is 0.327 e. The summed E-state index contributed by atoms with van der Waals surface area (Å²) in [5, 5.41) is 0. The van der Waals surface area contributed by atoms with Crippen LogP contribution in [0.3, 0.4) is 0 Å². The van der Waals surface area contributed by atoms with E-state index >= 15 is 0 Å². The third-order valence-corrected chi connectivity index (χ3v) is 2.59. The van der Waals surface area contributed by atoms with E-state index in [0.29, 0.717) is 0 Å². The lowest BCUT2D eigenvalue weighted by molar-refractivity contribution is 0.589. The van der Waals surface area contributed by atoms with Crippen molar-refractivity contribution in [3.63, 3.8) is 0 Å². The smallest absolute Gasteiger partial charge is 0.281 e. The maximum Gasteiger partial charge on any atom is 0.281 e. The topological polar surface area (TPSA) is 17.1 Å². The van der Waals surface area contributed by atoms with Crippen molar-refractivity contribution in [2.45, 2.75) is 0 Å². The molecule has 4 heteroatoms. The van der Waals surface area contributed by atoms with Crippen LogP contribution in [0, 0.1) is 0 Å². The predicted octanol–water partition coefficient (Wildman–Crippen LogP) is 0.577. The second-order valence-corrected chi connectivity index (χ2v) is 10.4. The minimum atomic E-state index is -2.17. The van der Waals surface area contributed by atoms with E-state index in [1.807, 2.05) is 0 Å². The van der Waals surface area contributed by atoms with Crippen LogP contribution in [0.5, 0.6) is 0 Å². The standard InChI is InChI=1S/C2H8FOPSi/c1-5(2,4)6-3/h6H2,1-2H3. The van der Waals surface area contributed by atoms with Gasteiger partial charge in [0.05, 0.1) is 6.69 Å². The van der Waals surface area contributed by atoms with Gasteiger partial charge in [-0.25, -0.2) is 0 Å². The van der Waals surface area contributed by atoms with Crippen LogP contribution in [-0.4, -0.2) is 22.9 Å². The van der Waals surface area contributed by atoms with E-state index in [9.17, 15) is 8.67 Å². The molecule has 0 aromatic heterocycles. The van der Waals surface area contributed by atoms with E-state index in [-0.39, 0.29) is 0 Å². The van der Waals surface area contributed by atoms with Gasteiger partial charge in [-0.1, -0.05) is 0 Å². The molecular formula is C2H8FOPSi. The lowest BCUT2D eigenvalue weighted by Crippen LogP contribution is -1.77. The highest BCUT2D eigenvalue weighted by Gasteiger charge is 2.04. The van der Waals surface area contributed by atoms with Crippen LogP contribution in [0.25, 0.3) is 0 Å². The first kappa shape index (κ1) is 6.38. The first-order valence-electron chi connectivity index (χ1n) is 1.66. The van der Waals surface area contributed by atoms with Crippen LogP contribution in [-0.2, 0) is 4.57 Å². The summed E-state index contributed by atoms with van der Waals surface area (Å²) in [5.74, 6) is 0. The van der Waals surface area contributed by atoms with Gasteiger partial charge in [0.1, 0.15) is 0 Å². The van der Waals surface area contributed by atoms with E-state index < -0.39 is 16.2 Å². The Morgan fingerprint density at radius 3 is 1.83 bits per heavy atom. The summed E-state index contributed by atoms with van der Waals surface area (Å²) in [6, 6.07) is 0. The number of rotatable bonds is 1. The summed E-state index contributed by atoms with van der Waals surface area (Å²) < 4.78 is 21.6. The van der Waals surface area contributed by atoms with Crippen molar-refractivity contribution >= 4 is 16.2 Å². The van der Waals surface area contributed by atoms with Crippen LogP contribution < -0.4 is 0 Å². The van der Waals surface area contributed by atoms with Crippen molar-refractivity contribution in [1.82, 2.24) is 0 Å². The van der Waals surface area contributed by atoms with Gasteiger partial charge in [-0.05, 0) is 13.3 Å². The Morgan fingerprint density at radius 2 is 1.83 bits per heavy atom. The fourth-order valence-electron chi connectivity index (χ4n) is 0. The van der Waals surface area contributed by atoms with Gasteiger partial charge < -0.3 is 8.67 Å². The van der Waals surface area contributed by atoms with Crippen molar-refractivity contribution < 1.29 is 8.67 Å². The van der Waals surface area contributed by atoms with E-state index in [4.69, 9.17) is 0 Å². The predicted molar refractivity (Wildman–Crippen MR) is 29.1 cm³/mol. The second-order valence-electron chi connectivity index (χ2n) is 1.69. The quantitative estimate of drug-likeness (QED) is 0.285. The molecule has 0 radical (unpaired) electrons. The minimum absolute atomic E-state index is 1.49. The Labute approximate surface area is 39.2 Å². The molecule has 0 saturated carbocycles. The molecule has 0 aliphatic rings. The lowest BCUT2D eigenvalue weighted by atomic mass is 11.9.